The zero-order chi connectivity index (χ0) is 30.6. The van der Waals surface area contributed by atoms with Crippen LogP contribution in [0, 0.1) is 23.7 Å². The predicted molar refractivity (Wildman–Crippen MR) is 182 cm³/mol. The fourth-order valence-electron chi connectivity index (χ4n) is 5.19. The molecule has 0 aromatic heterocycles. The molecule has 0 saturated heterocycles. The Balaban J connectivity index is 3.44. The van der Waals surface area contributed by atoms with Crippen molar-refractivity contribution in [1.29, 1.82) is 0 Å². The van der Waals surface area contributed by atoms with E-state index in [-0.39, 0.29) is 11.8 Å². The standard InChI is InChI=1S/C38H68N2O2/c1-3-5-7-9-11-13-15-17-19-21-23-25-27-29-31-33-37(41)39-35-36-40-38(42)34-32-30-28-26-24-22-20-18-16-14-12-10-8-6-4-2/h3-30,35-36H2,1-2H3,(H,39,41)(H,40,42). The molecular formula is C38H68N2O2. The van der Waals surface area contributed by atoms with Gasteiger partial charge in [0.05, 0.1) is 0 Å². The Kier molecular flexibility index (Phi) is 33.6. The van der Waals surface area contributed by atoms with Gasteiger partial charge in [0.1, 0.15) is 0 Å². The molecule has 0 saturated carbocycles. The van der Waals surface area contributed by atoms with Gasteiger partial charge in [0, 0.05) is 25.9 Å². The minimum Gasteiger partial charge on any atom is -0.343 e. The van der Waals surface area contributed by atoms with E-state index in [1.54, 1.807) is 0 Å². The van der Waals surface area contributed by atoms with Crippen LogP contribution in [0.15, 0.2) is 0 Å². The topological polar surface area (TPSA) is 58.2 Å². The fraction of sp³-hybridized carbons (Fsp3) is 0.842. The average molecular weight is 585 g/mol. The number of nitrogens with one attached hydrogen (secondary N) is 2. The van der Waals surface area contributed by atoms with Gasteiger partial charge >= 0.3 is 0 Å². The highest BCUT2D eigenvalue weighted by molar-refractivity contribution is 5.94. The number of carbonyl (C=O) groups is 2. The monoisotopic (exact) mass is 585 g/mol. The summed E-state index contributed by atoms with van der Waals surface area (Å²) >= 11 is 0. The molecule has 0 aromatic rings. The first-order valence-corrected chi connectivity index (χ1v) is 18.2. The Bertz CT molecular complexity index is 663. The first kappa shape index (κ1) is 40.1. The molecule has 0 spiro atoms. The Morgan fingerprint density at radius 1 is 0.381 bits per heavy atom. The summed E-state index contributed by atoms with van der Waals surface area (Å²) < 4.78 is 0. The average Bonchev–Trinajstić information content (AvgIpc) is 2.99. The maximum absolute atomic E-state index is 11.8. The molecule has 0 aliphatic carbocycles. The number of hydrogen-bond acceptors (Lipinski definition) is 2. The second-order valence-electron chi connectivity index (χ2n) is 12.1. The van der Waals surface area contributed by atoms with E-state index in [2.05, 4.69) is 48.2 Å². The molecule has 4 heteroatoms. The SMILES string of the molecule is CCCCCCCCCCCCCCCC#CC(=O)NCCNC(=O)C#CCCCCCCCCCCCCCCC. The summed E-state index contributed by atoms with van der Waals surface area (Å²) in [6, 6.07) is 0. The van der Waals surface area contributed by atoms with Gasteiger partial charge in [0.25, 0.3) is 11.8 Å². The van der Waals surface area contributed by atoms with Crippen LogP contribution in [0.2, 0.25) is 0 Å². The van der Waals surface area contributed by atoms with Gasteiger partial charge in [-0.1, -0.05) is 180 Å². The highest BCUT2D eigenvalue weighted by atomic mass is 16.2. The fourth-order valence-corrected chi connectivity index (χ4v) is 5.19. The van der Waals surface area contributed by atoms with E-state index < -0.39 is 0 Å². The molecule has 4 nitrogen and oxygen atoms in total. The van der Waals surface area contributed by atoms with Crippen molar-refractivity contribution in [1.82, 2.24) is 10.6 Å². The van der Waals surface area contributed by atoms with Gasteiger partial charge in [0.2, 0.25) is 0 Å². The van der Waals surface area contributed by atoms with Gasteiger partial charge in [0.15, 0.2) is 0 Å². The number of amides is 2. The minimum atomic E-state index is -0.271. The smallest absolute Gasteiger partial charge is 0.295 e. The van der Waals surface area contributed by atoms with Crippen LogP contribution in [0.1, 0.15) is 194 Å². The molecule has 0 radical (unpaired) electrons. The molecule has 42 heavy (non-hydrogen) atoms. The molecule has 0 fully saturated rings. The Morgan fingerprint density at radius 3 is 0.881 bits per heavy atom. The van der Waals surface area contributed by atoms with Crippen molar-refractivity contribution in [3.63, 3.8) is 0 Å². The van der Waals surface area contributed by atoms with Gasteiger partial charge in [-0.15, -0.1) is 0 Å². The summed E-state index contributed by atoms with van der Waals surface area (Å²) in [7, 11) is 0. The van der Waals surface area contributed by atoms with E-state index in [9.17, 15) is 9.59 Å². The molecule has 2 N–H and O–H groups in total. The Hall–Kier alpha value is -1.94. The lowest BCUT2D eigenvalue weighted by Crippen LogP contribution is -2.33. The van der Waals surface area contributed by atoms with Crippen molar-refractivity contribution in [3.8, 4) is 23.7 Å². The van der Waals surface area contributed by atoms with Gasteiger partial charge in [-0.3, -0.25) is 9.59 Å². The Morgan fingerprint density at radius 2 is 0.619 bits per heavy atom. The summed E-state index contributed by atoms with van der Waals surface area (Å²) in [5, 5.41) is 5.47. The lowest BCUT2D eigenvalue weighted by atomic mass is 10.0. The van der Waals surface area contributed by atoms with Crippen LogP contribution in [0.5, 0.6) is 0 Å². The van der Waals surface area contributed by atoms with Crippen molar-refractivity contribution >= 4 is 11.8 Å². The zero-order valence-electron chi connectivity index (χ0n) is 28.0. The van der Waals surface area contributed by atoms with Crippen molar-refractivity contribution in [3.05, 3.63) is 0 Å². The van der Waals surface area contributed by atoms with Gasteiger partial charge < -0.3 is 10.6 Å². The number of carbonyl (C=O) groups excluding carboxylic acids is 2. The normalized spacial score (nSPS) is 10.4. The first-order valence-electron chi connectivity index (χ1n) is 18.2. The van der Waals surface area contributed by atoms with E-state index in [0.717, 1.165) is 25.7 Å². The van der Waals surface area contributed by atoms with E-state index in [4.69, 9.17) is 0 Å². The van der Waals surface area contributed by atoms with Gasteiger partial charge in [-0.05, 0) is 24.7 Å². The second-order valence-corrected chi connectivity index (χ2v) is 12.1. The summed E-state index contributed by atoms with van der Waals surface area (Å²) in [4.78, 5) is 23.7. The first-order chi connectivity index (χ1) is 20.7. The van der Waals surface area contributed by atoms with Crippen LogP contribution in [-0.4, -0.2) is 24.9 Å². The van der Waals surface area contributed by atoms with E-state index >= 15 is 0 Å². The molecule has 242 valence electrons. The van der Waals surface area contributed by atoms with Crippen LogP contribution in [0.25, 0.3) is 0 Å². The van der Waals surface area contributed by atoms with Crippen LogP contribution in [0.4, 0.5) is 0 Å². The zero-order valence-corrected chi connectivity index (χ0v) is 28.0. The second kappa shape index (κ2) is 35.3. The van der Waals surface area contributed by atoms with E-state index in [1.165, 1.54) is 154 Å². The van der Waals surface area contributed by atoms with Gasteiger partial charge in [-0.2, -0.15) is 0 Å². The molecule has 0 bridgehead atoms. The largest absolute Gasteiger partial charge is 0.343 e. The van der Waals surface area contributed by atoms with Crippen molar-refractivity contribution < 1.29 is 9.59 Å². The number of rotatable bonds is 29. The molecule has 0 heterocycles. The van der Waals surface area contributed by atoms with Crippen LogP contribution >= 0.6 is 0 Å². The summed E-state index contributed by atoms with van der Waals surface area (Å²) in [6.07, 6.45) is 36.2. The van der Waals surface area contributed by atoms with Crippen molar-refractivity contribution in [2.24, 2.45) is 0 Å². The maximum Gasteiger partial charge on any atom is 0.295 e. The lowest BCUT2D eigenvalue weighted by Gasteiger charge is -2.02. The van der Waals surface area contributed by atoms with Crippen LogP contribution < -0.4 is 10.6 Å². The highest BCUT2D eigenvalue weighted by Gasteiger charge is 1.98. The molecule has 2 amide bonds. The molecule has 0 atom stereocenters. The maximum atomic E-state index is 11.8. The third-order valence-corrected chi connectivity index (χ3v) is 7.91. The Labute approximate surface area is 262 Å². The molecule has 0 rings (SSSR count). The summed E-state index contributed by atoms with van der Waals surface area (Å²) in [6.45, 7) is 5.29. The van der Waals surface area contributed by atoms with Crippen molar-refractivity contribution in [2.45, 2.75) is 194 Å². The van der Waals surface area contributed by atoms with Crippen LogP contribution in [0.3, 0.4) is 0 Å². The minimum absolute atomic E-state index is 0.271. The van der Waals surface area contributed by atoms with E-state index in [1.807, 2.05) is 0 Å². The quantitative estimate of drug-likeness (QED) is 0.0679. The van der Waals surface area contributed by atoms with Gasteiger partial charge in [-0.25, -0.2) is 0 Å². The predicted octanol–water partition coefficient (Wildman–Crippen LogP) is 10.2. The van der Waals surface area contributed by atoms with Crippen LogP contribution in [-0.2, 0) is 9.59 Å². The summed E-state index contributed by atoms with van der Waals surface area (Å²) in [5.74, 6) is 10.7. The molecule has 0 aromatic carbocycles. The third-order valence-electron chi connectivity index (χ3n) is 7.91. The number of hydrogen-bond donors (Lipinski definition) is 2. The highest BCUT2D eigenvalue weighted by Crippen LogP contribution is 2.14. The van der Waals surface area contributed by atoms with E-state index in [0.29, 0.717) is 13.1 Å². The third kappa shape index (κ3) is 34.3. The lowest BCUT2D eigenvalue weighted by molar-refractivity contribution is -0.117. The molecular weight excluding hydrogens is 516 g/mol. The molecule has 0 aliphatic rings. The van der Waals surface area contributed by atoms with Crippen molar-refractivity contribution in [2.75, 3.05) is 13.1 Å². The number of unbranched alkanes of at least 4 members (excludes halogenated alkanes) is 26. The molecule has 0 aliphatic heterocycles. The summed E-state index contributed by atoms with van der Waals surface area (Å²) in [5.41, 5.74) is 0. The molecule has 0 unspecified atom stereocenters.